The number of ether oxygens (including phenoxy) is 6. The first-order chi connectivity index (χ1) is 20.9. The molecule has 0 radical (unpaired) electrons. The van der Waals surface area contributed by atoms with E-state index in [1.165, 1.54) is 33.3 Å². The quantitative estimate of drug-likeness (QED) is 0.129. The minimum Gasteiger partial charge on any atom is -0.463 e. The van der Waals surface area contributed by atoms with Crippen molar-refractivity contribution >= 4 is 35.5 Å². The third-order valence-corrected chi connectivity index (χ3v) is 7.28. The van der Waals surface area contributed by atoms with Crippen molar-refractivity contribution in [3.63, 3.8) is 0 Å². The molecule has 0 aliphatic carbocycles. The van der Waals surface area contributed by atoms with Crippen molar-refractivity contribution in [3.8, 4) is 0 Å². The molecule has 1 aliphatic heterocycles. The van der Waals surface area contributed by atoms with Crippen LogP contribution >= 0.6 is 11.6 Å². The molecule has 238 valence electrons. The van der Waals surface area contributed by atoms with E-state index in [1.807, 2.05) is 18.2 Å². The molecule has 1 aliphatic rings. The van der Waals surface area contributed by atoms with Crippen LogP contribution in [0.15, 0.2) is 49.1 Å². The van der Waals surface area contributed by atoms with Gasteiger partial charge >= 0.3 is 23.9 Å². The zero-order chi connectivity index (χ0) is 32.4. The standard InChI is InChI=1S/C33H39ClO10/c1-7-13-39-17-26-16-28(34)25(14-24-11-9-23(8-2)10-12-24)15-27(26)30-32(42-21(5)37)33(43-22(6)38)31(41-20(4)36)29(44-30)18-40-19(3)35/h7,9-12,15-16,29-33H,1,8,13-14,17-18H2,2-6H3/t29-,30+,31-,32+,33+/m1/s1. The van der Waals surface area contributed by atoms with Crippen LogP contribution in [0.5, 0.6) is 0 Å². The fourth-order valence-electron chi connectivity index (χ4n) is 5.05. The lowest BCUT2D eigenvalue weighted by atomic mass is 9.87. The maximum absolute atomic E-state index is 12.4. The Bertz CT molecular complexity index is 1340. The monoisotopic (exact) mass is 630 g/mol. The summed E-state index contributed by atoms with van der Waals surface area (Å²) in [5.41, 5.74) is 4.13. The van der Waals surface area contributed by atoms with Crippen LogP contribution in [0.2, 0.25) is 5.02 Å². The molecule has 0 aromatic heterocycles. The second-order valence-electron chi connectivity index (χ2n) is 10.4. The van der Waals surface area contributed by atoms with Crippen molar-refractivity contribution in [2.75, 3.05) is 13.2 Å². The summed E-state index contributed by atoms with van der Waals surface area (Å²) in [5, 5.41) is 0.483. The lowest BCUT2D eigenvalue weighted by Gasteiger charge is -2.45. The van der Waals surface area contributed by atoms with Gasteiger partial charge in [-0.15, -0.1) is 6.58 Å². The highest BCUT2D eigenvalue weighted by atomic mass is 35.5. The smallest absolute Gasteiger partial charge is 0.303 e. The van der Waals surface area contributed by atoms with Gasteiger partial charge in [-0.1, -0.05) is 54.9 Å². The Morgan fingerprint density at radius 1 is 0.841 bits per heavy atom. The molecule has 1 saturated heterocycles. The molecule has 2 aromatic rings. The van der Waals surface area contributed by atoms with Crippen LogP contribution in [0.3, 0.4) is 0 Å². The number of rotatable bonds is 13. The van der Waals surface area contributed by atoms with Gasteiger partial charge in [0.15, 0.2) is 18.3 Å². The number of aryl methyl sites for hydroxylation is 1. The van der Waals surface area contributed by atoms with E-state index in [1.54, 1.807) is 12.1 Å². The minimum absolute atomic E-state index is 0.0966. The van der Waals surface area contributed by atoms with Crippen LogP contribution in [-0.4, -0.2) is 61.5 Å². The maximum atomic E-state index is 12.4. The van der Waals surface area contributed by atoms with Gasteiger partial charge in [0.1, 0.15) is 18.8 Å². The maximum Gasteiger partial charge on any atom is 0.303 e. The van der Waals surface area contributed by atoms with Crippen molar-refractivity contribution in [1.29, 1.82) is 0 Å². The molecular formula is C33H39ClO10. The van der Waals surface area contributed by atoms with Gasteiger partial charge in [0.25, 0.3) is 0 Å². The molecule has 44 heavy (non-hydrogen) atoms. The first kappa shape index (κ1) is 34.8. The van der Waals surface area contributed by atoms with Gasteiger partial charge in [0.05, 0.1) is 13.2 Å². The van der Waals surface area contributed by atoms with Gasteiger partial charge in [-0.3, -0.25) is 19.2 Å². The third kappa shape index (κ3) is 9.64. The largest absolute Gasteiger partial charge is 0.463 e. The number of benzene rings is 2. The first-order valence-corrected chi connectivity index (χ1v) is 14.7. The topological polar surface area (TPSA) is 124 Å². The van der Waals surface area contributed by atoms with Crippen LogP contribution < -0.4 is 0 Å². The van der Waals surface area contributed by atoms with E-state index in [-0.39, 0.29) is 19.8 Å². The van der Waals surface area contributed by atoms with Crippen molar-refractivity contribution in [1.82, 2.24) is 0 Å². The summed E-state index contributed by atoms with van der Waals surface area (Å²) in [4.78, 5) is 48.6. The zero-order valence-corrected chi connectivity index (χ0v) is 26.4. The molecule has 3 rings (SSSR count). The second-order valence-corrected chi connectivity index (χ2v) is 10.8. The van der Waals surface area contributed by atoms with Gasteiger partial charge in [0, 0.05) is 32.7 Å². The number of halogens is 1. The average molecular weight is 631 g/mol. The molecule has 0 amide bonds. The third-order valence-electron chi connectivity index (χ3n) is 6.92. The van der Waals surface area contributed by atoms with Gasteiger partial charge in [-0.05, 0) is 46.7 Å². The molecule has 2 aromatic carbocycles. The molecule has 0 unspecified atom stereocenters. The average Bonchev–Trinajstić information content (AvgIpc) is 2.95. The summed E-state index contributed by atoms with van der Waals surface area (Å²) in [7, 11) is 0. The van der Waals surface area contributed by atoms with Crippen molar-refractivity contribution in [3.05, 3.63) is 81.9 Å². The van der Waals surface area contributed by atoms with Crippen LogP contribution in [0.25, 0.3) is 0 Å². The molecule has 5 atom stereocenters. The lowest BCUT2D eigenvalue weighted by Crippen LogP contribution is -2.59. The highest BCUT2D eigenvalue weighted by Gasteiger charge is 2.53. The minimum atomic E-state index is -1.30. The summed E-state index contributed by atoms with van der Waals surface area (Å²) in [6.07, 6.45) is -3.00. The lowest BCUT2D eigenvalue weighted by molar-refractivity contribution is -0.254. The van der Waals surface area contributed by atoms with Gasteiger partial charge in [-0.2, -0.15) is 0 Å². The number of hydrogen-bond acceptors (Lipinski definition) is 10. The van der Waals surface area contributed by atoms with E-state index in [0.29, 0.717) is 22.6 Å². The Morgan fingerprint density at radius 3 is 2.00 bits per heavy atom. The molecule has 11 heteroatoms. The van der Waals surface area contributed by atoms with Gasteiger partial charge in [-0.25, -0.2) is 0 Å². The predicted octanol–water partition coefficient (Wildman–Crippen LogP) is 4.99. The Kier molecular flexibility index (Phi) is 12.9. The summed E-state index contributed by atoms with van der Waals surface area (Å²) in [6.45, 7) is 10.6. The normalized spacial score (nSPS) is 21.2. The van der Waals surface area contributed by atoms with Crippen molar-refractivity contribution < 1.29 is 47.6 Å². The first-order valence-electron chi connectivity index (χ1n) is 14.3. The Morgan fingerprint density at radius 2 is 1.43 bits per heavy atom. The Hall–Kier alpha value is -3.73. The summed E-state index contributed by atoms with van der Waals surface area (Å²) in [5.74, 6) is -2.70. The summed E-state index contributed by atoms with van der Waals surface area (Å²) >= 11 is 6.79. The fraction of sp³-hybridized carbons (Fsp3) is 0.455. The molecule has 0 N–H and O–H groups in total. The molecular weight excluding hydrogens is 592 g/mol. The van der Waals surface area contributed by atoms with E-state index >= 15 is 0 Å². The predicted molar refractivity (Wildman–Crippen MR) is 161 cm³/mol. The van der Waals surface area contributed by atoms with Crippen LogP contribution in [0.1, 0.15) is 68.5 Å². The zero-order valence-electron chi connectivity index (χ0n) is 25.6. The molecule has 0 bridgehead atoms. The van der Waals surface area contributed by atoms with E-state index in [0.717, 1.165) is 17.5 Å². The Labute approximate surface area is 262 Å². The Balaban J connectivity index is 2.19. The molecule has 1 fully saturated rings. The van der Waals surface area contributed by atoms with Crippen LogP contribution in [0.4, 0.5) is 0 Å². The van der Waals surface area contributed by atoms with E-state index in [2.05, 4.69) is 25.6 Å². The van der Waals surface area contributed by atoms with E-state index in [9.17, 15) is 19.2 Å². The molecule has 0 spiro atoms. The SMILES string of the molecule is C=CCOCc1cc(Cl)c(Cc2ccc(CC)cc2)cc1[C@@H]1O[C@H](COC(C)=O)[C@@H](OC(C)=O)[C@H](OC(C)=O)[C@H]1OC(C)=O. The van der Waals surface area contributed by atoms with Gasteiger partial charge < -0.3 is 28.4 Å². The molecule has 0 saturated carbocycles. The number of carbonyl (C=O) groups is 4. The van der Waals surface area contributed by atoms with Gasteiger partial charge in [0.2, 0.25) is 0 Å². The number of esters is 4. The molecule has 10 nitrogen and oxygen atoms in total. The van der Waals surface area contributed by atoms with E-state index < -0.39 is 54.4 Å². The summed E-state index contributed by atoms with van der Waals surface area (Å²) < 4.78 is 34.3. The highest BCUT2D eigenvalue weighted by molar-refractivity contribution is 6.31. The highest BCUT2D eigenvalue weighted by Crippen LogP contribution is 2.41. The van der Waals surface area contributed by atoms with Crippen molar-refractivity contribution in [2.45, 2.75) is 84.6 Å². The summed E-state index contributed by atoms with van der Waals surface area (Å²) in [6, 6.07) is 11.8. The van der Waals surface area contributed by atoms with Crippen LogP contribution in [-0.2, 0) is 67.0 Å². The fourth-order valence-corrected chi connectivity index (χ4v) is 5.30. The number of hydrogen-bond donors (Lipinski definition) is 0. The van der Waals surface area contributed by atoms with E-state index in [4.69, 9.17) is 40.0 Å². The van der Waals surface area contributed by atoms with Crippen molar-refractivity contribution in [2.24, 2.45) is 0 Å². The van der Waals surface area contributed by atoms with Crippen LogP contribution in [0, 0.1) is 0 Å². The number of carbonyl (C=O) groups excluding carboxylic acids is 4. The molecule has 1 heterocycles. The second kappa shape index (κ2) is 16.4.